The lowest BCUT2D eigenvalue weighted by atomic mass is 10.3. The molecule has 1 atom stereocenters. The molecule has 0 aliphatic heterocycles. The van der Waals surface area contributed by atoms with Gasteiger partial charge in [0.25, 0.3) is 0 Å². The summed E-state index contributed by atoms with van der Waals surface area (Å²) in [7, 11) is 0. The van der Waals surface area contributed by atoms with Crippen molar-refractivity contribution in [3.05, 3.63) is 29.3 Å². The summed E-state index contributed by atoms with van der Waals surface area (Å²) in [5.41, 5.74) is 0. The first-order valence-corrected chi connectivity index (χ1v) is 5.85. The molecule has 3 nitrogen and oxygen atoms in total. The van der Waals surface area contributed by atoms with Crippen molar-refractivity contribution < 1.29 is 27.4 Å². The first-order chi connectivity index (χ1) is 9.02. The van der Waals surface area contributed by atoms with Gasteiger partial charge in [0.2, 0.25) is 11.6 Å². The molecular formula is C12H13F4NO2. The summed E-state index contributed by atoms with van der Waals surface area (Å²) in [6.45, 7) is -0.596. The zero-order valence-corrected chi connectivity index (χ0v) is 9.93. The zero-order chi connectivity index (χ0) is 14.0. The molecule has 1 fully saturated rings. The highest BCUT2D eigenvalue weighted by Crippen LogP contribution is 2.26. The molecule has 2 N–H and O–H groups in total. The lowest BCUT2D eigenvalue weighted by molar-refractivity contribution is 0.172. The Bertz CT molecular complexity index is 439. The third kappa shape index (κ3) is 3.36. The van der Waals surface area contributed by atoms with Crippen LogP contribution in [0.3, 0.4) is 0 Å². The van der Waals surface area contributed by atoms with Crippen LogP contribution in [0.5, 0.6) is 5.75 Å². The van der Waals surface area contributed by atoms with Gasteiger partial charge in [-0.25, -0.2) is 8.78 Å². The van der Waals surface area contributed by atoms with Gasteiger partial charge < -0.3 is 15.2 Å². The monoisotopic (exact) mass is 279 g/mol. The van der Waals surface area contributed by atoms with E-state index < -0.39 is 35.1 Å². The smallest absolute Gasteiger partial charge is 0.203 e. The van der Waals surface area contributed by atoms with E-state index in [1.165, 1.54) is 0 Å². The molecule has 0 saturated heterocycles. The highest BCUT2D eigenvalue weighted by Gasteiger charge is 2.26. The van der Waals surface area contributed by atoms with Crippen LogP contribution in [0.2, 0.25) is 0 Å². The number of rotatable bonds is 6. The quantitative estimate of drug-likeness (QED) is 0.615. The van der Waals surface area contributed by atoms with Crippen LogP contribution in [-0.2, 0) is 0 Å². The van der Waals surface area contributed by atoms with Gasteiger partial charge in [-0.15, -0.1) is 0 Å². The Hall–Kier alpha value is -1.34. The van der Waals surface area contributed by atoms with Gasteiger partial charge in [-0.3, -0.25) is 0 Å². The van der Waals surface area contributed by atoms with E-state index in [0.717, 1.165) is 12.8 Å². The Kier molecular flexibility index (Phi) is 4.26. The lowest BCUT2D eigenvalue weighted by Gasteiger charge is -2.17. The van der Waals surface area contributed by atoms with E-state index in [2.05, 4.69) is 5.32 Å². The molecule has 2 rings (SSSR count). The third-order valence-corrected chi connectivity index (χ3v) is 2.77. The number of nitrogens with one attached hydrogen (secondary N) is 1. The van der Waals surface area contributed by atoms with E-state index in [1.807, 2.05) is 0 Å². The van der Waals surface area contributed by atoms with Crippen molar-refractivity contribution in [2.45, 2.75) is 24.9 Å². The summed E-state index contributed by atoms with van der Waals surface area (Å²) < 4.78 is 57.2. The van der Waals surface area contributed by atoms with Gasteiger partial charge in [0.05, 0.1) is 12.6 Å². The standard InChI is InChI=1S/C12H13F4NO2/c13-8-3-9(14)11(16)12(10(8)15)19-5-7(4-18)17-6-1-2-6/h3,6-7,17-18H,1-2,4-5H2. The van der Waals surface area contributed by atoms with Crippen molar-refractivity contribution in [1.29, 1.82) is 0 Å². The van der Waals surface area contributed by atoms with Crippen molar-refractivity contribution in [2.75, 3.05) is 13.2 Å². The molecular weight excluding hydrogens is 266 g/mol. The molecule has 106 valence electrons. The molecule has 0 radical (unpaired) electrons. The first kappa shape index (κ1) is 14.1. The molecule has 1 aromatic carbocycles. The van der Waals surface area contributed by atoms with Crippen LogP contribution in [0.1, 0.15) is 12.8 Å². The van der Waals surface area contributed by atoms with Crippen LogP contribution in [0.4, 0.5) is 17.6 Å². The fraction of sp³-hybridized carbons (Fsp3) is 0.500. The zero-order valence-electron chi connectivity index (χ0n) is 9.93. The number of hydrogen-bond donors (Lipinski definition) is 2. The predicted molar refractivity (Wildman–Crippen MR) is 58.8 cm³/mol. The van der Waals surface area contributed by atoms with E-state index in [1.54, 1.807) is 0 Å². The Morgan fingerprint density at radius 3 is 2.26 bits per heavy atom. The fourth-order valence-electron chi connectivity index (χ4n) is 1.60. The van der Waals surface area contributed by atoms with Gasteiger partial charge in [-0.1, -0.05) is 0 Å². The van der Waals surface area contributed by atoms with E-state index in [-0.39, 0.29) is 25.3 Å². The van der Waals surface area contributed by atoms with Crippen molar-refractivity contribution in [3.63, 3.8) is 0 Å². The first-order valence-electron chi connectivity index (χ1n) is 5.85. The van der Waals surface area contributed by atoms with E-state index in [9.17, 15) is 17.6 Å². The molecule has 0 amide bonds. The summed E-state index contributed by atoms with van der Waals surface area (Å²) in [4.78, 5) is 0. The normalized spacial score (nSPS) is 16.5. The molecule has 1 aliphatic rings. The van der Waals surface area contributed by atoms with Crippen LogP contribution in [0.25, 0.3) is 0 Å². The second kappa shape index (κ2) is 5.75. The van der Waals surface area contributed by atoms with Crippen LogP contribution in [-0.4, -0.2) is 30.4 Å². The van der Waals surface area contributed by atoms with Gasteiger partial charge in [0.15, 0.2) is 17.4 Å². The molecule has 7 heteroatoms. The number of ether oxygens (including phenoxy) is 1. The number of halogens is 4. The number of benzene rings is 1. The Morgan fingerprint density at radius 2 is 1.79 bits per heavy atom. The summed E-state index contributed by atoms with van der Waals surface area (Å²) >= 11 is 0. The second-order valence-electron chi connectivity index (χ2n) is 4.43. The Morgan fingerprint density at radius 1 is 1.21 bits per heavy atom. The molecule has 0 spiro atoms. The van der Waals surface area contributed by atoms with E-state index in [0.29, 0.717) is 0 Å². The molecule has 1 aliphatic carbocycles. The van der Waals surface area contributed by atoms with E-state index in [4.69, 9.17) is 9.84 Å². The Labute approximate surface area is 107 Å². The minimum atomic E-state index is -1.58. The molecule has 0 aromatic heterocycles. The van der Waals surface area contributed by atoms with Gasteiger partial charge in [-0.2, -0.15) is 8.78 Å². The highest BCUT2D eigenvalue weighted by atomic mass is 19.2. The maximum atomic E-state index is 13.3. The summed E-state index contributed by atoms with van der Waals surface area (Å²) in [5, 5.41) is 12.0. The Balaban J connectivity index is 2.05. The second-order valence-corrected chi connectivity index (χ2v) is 4.43. The minimum absolute atomic E-state index is 0.115. The summed E-state index contributed by atoms with van der Waals surface area (Å²) in [5.74, 6) is -7.31. The largest absolute Gasteiger partial charge is 0.486 e. The molecule has 0 bridgehead atoms. The topological polar surface area (TPSA) is 41.5 Å². The van der Waals surface area contributed by atoms with Gasteiger partial charge in [0, 0.05) is 12.1 Å². The lowest BCUT2D eigenvalue weighted by Crippen LogP contribution is -2.39. The van der Waals surface area contributed by atoms with Gasteiger partial charge >= 0.3 is 0 Å². The van der Waals surface area contributed by atoms with Crippen LogP contribution >= 0.6 is 0 Å². The highest BCUT2D eigenvalue weighted by molar-refractivity contribution is 5.28. The van der Waals surface area contributed by atoms with Crippen molar-refractivity contribution >= 4 is 0 Å². The SMILES string of the molecule is OCC(COc1c(F)c(F)cc(F)c1F)NC1CC1. The van der Waals surface area contributed by atoms with Crippen molar-refractivity contribution in [3.8, 4) is 5.75 Å². The van der Waals surface area contributed by atoms with E-state index >= 15 is 0 Å². The number of hydrogen-bond acceptors (Lipinski definition) is 3. The fourth-order valence-corrected chi connectivity index (χ4v) is 1.60. The number of aliphatic hydroxyl groups excluding tert-OH is 1. The molecule has 1 unspecified atom stereocenters. The number of aliphatic hydroxyl groups is 1. The summed E-state index contributed by atoms with van der Waals surface area (Å²) in [6.07, 6.45) is 1.90. The molecule has 0 heterocycles. The minimum Gasteiger partial charge on any atom is -0.486 e. The average molecular weight is 279 g/mol. The van der Waals surface area contributed by atoms with Crippen LogP contribution in [0, 0.1) is 23.3 Å². The third-order valence-electron chi connectivity index (χ3n) is 2.77. The molecule has 19 heavy (non-hydrogen) atoms. The maximum absolute atomic E-state index is 13.3. The molecule has 1 aromatic rings. The maximum Gasteiger partial charge on any atom is 0.203 e. The van der Waals surface area contributed by atoms with Crippen LogP contribution < -0.4 is 10.1 Å². The van der Waals surface area contributed by atoms with Crippen LogP contribution in [0.15, 0.2) is 6.07 Å². The average Bonchev–Trinajstić information content (AvgIpc) is 3.19. The van der Waals surface area contributed by atoms with Gasteiger partial charge in [-0.05, 0) is 12.8 Å². The van der Waals surface area contributed by atoms with Crippen molar-refractivity contribution in [1.82, 2.24) is 5.32 Å². The van der Waals surface area contributed by atoms with Crippen molar-refractivity contribution in [2.24, 2.45) is 0 Å². The summed E-state index contributed by atoms with van der Waals surface area (Å²) in [6, 6.07) is -0.180. The predicted octanol–water partition coefficient (Wildman–Crippen LogP) is 1.73. The van der Waals surface area contributed by atoms with Gasteiger partial charge in [0.1, 0.15) is 6.61 Å². The molecule has 1 saturated carbocycles.